The van der Waals surface area contributed by atoms with Crippen LogP contribution in [0.4, 0.5) is 0 Å². The molecular weight excluding hydrogens is 316 g/mol. The summed E-state index contributed by atoms with van der Waals surface area (Å²) in [7, 11) is 0. The first-order valence-electron chi connectivity index (χ1n) is 7.98. The molecule has 5 heteroatoms. The predicted octanol–water partition coefficient (Wildman–Crippen LogP) is 4.56. The SMILES string of the molecule is c1ccc(C(OC(c2ccccc2)c2ccon2)c2ccon2)cc1. The number of aromatic nitrogens is 2. The van der Waals surface area contributed by atoms with E-state index in [1.165, 1.54) is 0 Å². The van der Waals surface area contributed by atoms with Gasteiger partial charge in [0, 0.05) is 12.1 Å². The van der Waals surface area contributed by atoms with Crippen LogP contribution < -0.4 is 0 Å². The van der Waals surface area contributed by atoms with Crippen LogP contribution >= 0.6 is 0 Å². The van der Waals surface area contributed by atoms with E-state index in [2.05, 4.69) is 10.3 Å². The highest BCUT2D eigenvalue weighted by Crippen LogP contribution is 2.34. The molecule has 0 saturated carbocycles. The predicted molar refractivity (Wildman–Crippen MR) is 90.7 cm³/mol. The van der Waals surface area contributed by atoms with Gasteiger partial charge in [0.1, 0.15) is 36.1 Å². The minimum absolute atomic E-state index is 0.387. The highest BCUT2D eigenvalue weighted by Gasteiger charge is 2.26. The molecule has 2 atom stereocenters. The Bertz CT molecular complexity index is 800. The van der Waals surface area contributed by atoms with Gasteiger partial charge in [-0.3, -0.25) is 0 Å². The van der Waals surface area contributed by atoms with Crippen molar-refractivity contribution < 1.29 is 13.8 Å². The fraction of sp³-hybridized carbons (Fsp3) is 0.100. The van der Waals surface area contributed by atoms with Crippen LogP contribution in [0.15, 0.2) is 94.4 Å². The molecule has 0 radical (unpaired) electrons. The van der Waals surface area contributed by atoms with Crippen molar-refractivity contribution in [1.82, 2.24) is 10.3 Å². The minimum atomic E-state index is -0.387. The van der Waals surface area contributed by atoms with Crippen LogP contribution in [-0.2, 0) is 4.74 Å². The van der Waals surface area contributed by atoms with Gasteiger partial charge >= 0.3 is 0 Å². The Kier molecular flexibility index (Phi) is 4.39. The van der Waals surface area contributed by atoms with Crippen molar-refractivity contribution in [2.75, 3.05) is 0 Å². The van der Waals surface area contributed by atoms with Gasteiger partial charge in [-0.2, -0.15) is 0 Å². The molecule has 2 aromatic carbocycles. The van der Waals surface area contributed by atoms with Crippen molar-refractivity contribution >= 4 is 0 Å². The van der Waals surface area contributed by atoms with Crippen LogP contribution in [-0.4, -0.2) is 10.3 Å². The number of rotatable bonds is 6. The van der Waals surface area contributed by atoms with Gasteiger partial charge in [0.25, 0.3) is 0 Å². The zero-order valence-electron chi connectivity index (χ0n) is 13.4. The molecule has 25 heavy (non-hydrogen) atoms. The van der Waals surface area contributed by atoms with Gasteiger partial charge in [0.2, 0.25) is 0 Å². The second-order valence-electron chi connectivity index (χ2n) is 5.57. The molecule has 0 aliphatic rings. The zero-order chi connectivity index (χ0) is 16.9. The Morgan fingerprint density at radius 2 is 1.04 bits per heavy atom. The summed E-state index contributed by atoms with van der Waals surface area (Å²) in [5.74, 6) is 0. The van der Waals surface area contributed by atoms with Crippen molar-refractivity contribution in [2.24, 2.45) is 0 Å². The summed E-state index contributed by atoms with van der Waals surface area (Å²) in [6.07, 6.45) is 2.31. The summed E-state index contributed by atoms with van der Waals surface area (Å²) >= 11 is 0. The number of hydrogen-bond acceptors (Lipinski definition) is 5. The molecule has 5 nitrogen and oxygen atoms in total. The number of nitrogens with zero attached hydrogens (tertiary/aromatic N) is 2. The van der Waals surface area contributed by atoms with E-state index in [4.69, 9.17) is 13.8 Å². The monoisotopic (exact) mass is 332 g/mol. The summed E-state index contributed by atoms with van der Waals surface area (Å²) in [4.78, 5) is 0. The molecule has 0 aliphatic heterocycles. The van der Waals surface area contributed by atoms with E-state index in [0.29, 0.717) is 11.4 Å². The lowest BCUT2D eigenvalue weighted by Crippen LogP contribution is -2.13. The Morgan fingerprint density at radius 3 is 1.40 bits per heavy atom. The summed E-state index contributed by atoms with van der Waals surface area (Å²) in [5.41, 5.74) is 3.38. The van der Waals surface area contributed by atoms with E-state index in [9.17, 15) is 0 Å². The van der Waals surface area contributed by atoms with Gasteiger partial charge in [-0.15, -0.1) is 0 Å². The first-order valence-corrected chi connectivity index (χ1v) is 7.98. The molecular formula is C20H16N2O3. The van der Waals surface area contributed by atoms with Gasteiger partial charge in [-0.25, -0.2) is 0 Å². The van der Waals surface area contributed by atoms with Crippen LogP contribution in [0.5, 0.6) is 0 Å². The van der Waals surface area contributed by atoms with Gasteiger partial charge in [0.15, 0.2) is 0 Å². The van der Waals surface area contributed by atoms with Gasteiger partial charge in [-0.05, 0) is 11.1 Å². The summed E-state index contributed by atoms with van der Waals surface area (Å²) in [5, 5.41) is 8.15. The molecule has 0 aliphatic carbocycles. The maximum absolute atomic E-state index is 6.47. The van der Waals surface area contributed by atoms with Gasteiger partial charge in [0.05, 0.1) is 0 Å². The third-order valence-corrected chi connectivity index (χ3v) is 3.93. The standard InChI is InChI=1S/C20H16N2O3/c1-3-7-15(8-4-1)19(17-11-13-23-21-17)25-20(18-12-14-24-22-18)16-9-5-2-6-10-16/h1-14,19-20H. The number of benzene rings is 2. The lowest BCUT2D eigenvalue weighted by molar-refractivity contribution is 0.0230. The molecule has 0 spiro atoms. The minimum Gasteiger partial charge on any atom is -0.364 e. The van der Waals surface area contributed by atoms with Crippen LogP contribution in [0.3, 0.4) is 0 Å². The van der Waals surface area contributed by atoms with Crippen molar-refractivity contribution in [3.63, 3.8) is 0 Å². The van der Waals surface area contributed by atoms with Crippen molar-refractivity contribution in [3.05, 3.63) is 108 Å². The summed E-state index contributed by atoms with van der Waals surface area (Å²) in [6.45, 7) is 0. The Labute approximate surface area is 144 Å². The van der Waals surface area contributed by atoms with Gasteiger partial charge in [-0.1, -0.05) is 71.0 Å². The fourth-order valence-electron chi connectivity index (χ4n) is 2.74. The third-order valence-electron chi connectivity index (χ3n) is 3.93. The zero-order valence-corrected chi connectivity index (χ0v) is 13.4. The molecule has 4 aromatic rings. The van der Waals surface area contributed by atoms with E-state index < -0.39 is 0 Å². The highest BCUT2D eigenvalue weighted by molar-refractivity contribution is 5.28. The average molecular weight is 332 g/mol. The lowest BCUT2D eigenvalue weighted by Gasteiger charge is -2.23. The third kappa shape index (κ3) is 3.36. The Balaban J connectivity index is 1.74. The Morgan fingerprint density at radius 1 is 0.600 bits per heavy atom. The molecule has 2 aromatic heterocycles. The normalized spacial score (nSPS) is 13.4. The van der Waals surface area contributed by atoms with E-state index in [1.54, 1.807) is 12.5 Å². The highest BCUT2D eigenvalue weighted by atomic mass is 16.5. The van der Waals surface area contributed by atoms with Crippen LogP contribution in [0.2, 0.25) is 0 Å². The first kappa shape index (κ1) is 15.4. The quantitative estimate of drug-likeness (QED) is 0.518. The molecule has 0 fully saturated rings. The lowest BCUT2D eigenvalue weighted by atomic mass is 10.0. The molecule has 0 bridgehead atoms. The second-order valence-corrected chi connectivity index (χ2v) is 5.57. The molecule has 0 N–H and O–H groups in total. The summed E-state index contributed by atoms with van der Waals surface area (Å²) in [6, 6.07) is 23.5. The number of hydrogen-bond donors (Lipinski definition) is 0. The largest absolute Gasteiger partial charge is 0.364 e. The van der Waals surface area contributed by atoms with E-state index in [1.807, 2.05) is 72.8 Å². The molecule has 0 amide bonds. The summed E-state index contributed by atoms with van der Waals surface area (Å²) < 4.78 is 16.5. The first-order chi connectivity index (χ1) is 12.4. The maximum Gasteiger partial charge on any atom is 0.129 e. The Hall–Kier alpha value is -3.18. The molecule has 0 saturated heterocycles. The molecule has 2 unspecified atom stereocenters. The van der Waals surface area contributed by atoms with Crippen molar-refractivity contribution in [3.8, 4) is 0 Å². The molecule has 4 rings (SSSR count). The van der Waals surface area contributed by atoms with E-state index in [-0.39, 0.29) is 12.2 Å². The number of ether oxygens (including phenoxy) is 1. The van der Waals surface area contributed by atoms with Crippen LogP contribution in [0, 0.1) is 0 Å². The molecule has 124 valence electrons. The average Bonchev–Trinajstić information content (AvgIpc) is 3.38. The smallest absolute Gasteiger partial charge is 0.129 e. The van der Waals surface area contributed by atoms with Crippen molar-refractivity contribution in [1.29, 1.82) is 0 Å². The van der Waals surface area contributed by atoms with Crippen molar-refractivity contribution in [2.45, 2.75) is 12.2 Å². The maximum atomic E-state index is 6.47. The molecule has 2 heterocycles. The van der Waals surface area contributed by atoms with Gasteiger partial charge < -0.3 is 13.8 Å². The second kappa shape index (κ2) is 7.15. The van der Waals surface area contributed by atoms with E-state index >= 15 is 0 Å². The topological polar surface area (TPSA) is 61.3 Å². The van der Waals surface area contributed by atoms with E-state index in [0.717, 1.165) is 11.1 Å². The fourth-order valence-corrected chi connectivity index (χ4v) is 2.74. The van der Waals surface area contributed by atoms with Crippen LogP contribution in [0.25, 0.3) is 0 Å². The van der Waals surface area contributed by atoms with Crippen LogP contribution in [0.1, 0.15) is 34.7 Å².